The molecule has 2 rings (SSSR count). The summed E-state index contributed by atoms with van der Waals surface area (Å²) in [5.41, 5.74) is 0. The average Bonchev–Trinajstić information content (AvgIpc) is 2.62. The van der Waals surface area contributed by atoms with Crippen molar-refractivity contribution in [3.05, 3.63) is 11.8 Å². The molecule has 2 aliphatic heterocycles. The highest BCUT2D eigenvalue weighted by Crippen LogP contribution is 2.23. The van der Waals surface area contributed by atoms with E-state index in [0.29, 0.717) is 12.4 Å². The van der Waals surface area contributed by atoms with E-state index in [2.05, 4.69) is 0 Å². The van der Waals surface area contributed by atoms with E-state index in [9.17, 15) is 4.79 Å². The topological polar surface area (TPSA) is 35.5 Å². The van der Waals surface area contributed by atoms with Crippen molar-refractivity contribution in [3.8, 4) is 0 Å². The summed E-state index contributed by atoms with van der Waals surface area (Å²) in [5.74, 6) is 0.520. The van der Waals surface area contributed by atoms with Gasteiger partial charge in [-0.3, -0.25) is 4.79 Å². The molecule has 2 heterocycles. The molecular formula is C11H16O3. The van der Waals surface area contributed by atoms with Crippen LogP contribution in [-0.2, 0) is 14.3 Å². The number of Topliss-reactive ketones (excluding diaryl/α,β-unsaturated/α-hetero) is 1. The van der Waals surface area contributed by atoms with E-state index in [1.165, 1.54) is 12.8 Å². The number of carbonyl (C=O) groups is 1. The molecule has 2 aliphatic rings. The lowest BCUT2D eigenvalue weighted by molar-refractivity contribution is -0.123. The first kappa shape index (κ1) is 9.71. The van der Waals surface area contributed by atoms with E-state index >= 15 is 0 Å². The third kappa shape index (κ3) is 2.35. The summed E-state index contributed by atoms with van der Waals surface area (Å²) in [7, 11) is 0. The molecule has 0 amide bonds. The Balaban J connectivity index is 1.95. The van der Waals surface area contributed by atoms with Gasteiger partial charge < -0.3 is 9.47 Å². The van der Waals surface area contributed by atoms with Crippen LogP contribution in [0, 0.1) is 0 Å². The van der Waals surface area contributed by atoms with Crippen LogP contribution >= 0.6 is 0 Å². The van der Waals surface area contributed by atoms with Gasteiger partial charge in [-0.1, -0.05) is 6.42 Å². The highest BCUT2D eigenvalue weighted by atomic mass is 16.5. The van der Waals surface area contributed by atoms with E-state index in [0.717, 1.165) is 19.3 Å². The molecular weight excluding hydrogens is 180 g/mol. The van der Waals surface area contributed by atoms with Crippen LogP contribution in [0.4, 0.5) is 0 Å². The summed E-state index contributed by atoms with van der Waals surface area (Å²) in [6, 6.07) is 0. The quantitative estimate of drug-likeness (QED) is 0.593. The normalized spacial score (nSPS) is 29.0. The number of fused-ring (bicyclic) bond motifs is 2. The molecule has 0 saturated carbocycles. The minimum absolute atomic E-state index is 0.00519. The maximum Gasteiger partial charge on any atom is 0.222 e. The Morgan fingerprint density at radius 1 is 1.29 bits per heavy atom. The third-order valence-corrected chi connectivity index (χ3v) is 2.68. The Morgan fingerprint density at radius 3 is 3.14 bits per heavy atom. The number of ketones is 1. The zero-order valence-corrected chi connectivity index (χ0v) is 8.33. The molecule has 1 fully saturated rings. The molecule has 0 radical (unpaired) electrons. The molecule has 3 heteroatoms. The van der Waals surface area contributed by atoms with Gasteiger partial charge in [-0.05, 0) is 25.3 Å². The molecule has 0 spiro atoms. The smallest absolute Gasteiger partial charge is 0.222 e. The van der Waals surface area contributed by atoms with Crippen molar-refractivity contribution < 1.29 is 14.3 Å². The van der Waals surface area contributed by atoms with Crippen molar-refractivity contribution >= 4 is 5.78 Å². The standard InChI is InChI=1S/C11H16O3/c12-10-8-13-7-3-1-2-4-9-5-6-11(10)14-9/h6,9H,1-5,7-8H2. The van der Waals surface area contributed by atoms with Crippen LogP contribution in [0.3, 0.4) is 0 Å². The van der Waals surface area contributed by atoms with Crippen molar-refractivity contribution in [1.82, 2.24) is 0 Å². The molecule has 1 saturated heterocycles. The van der Waals surface area contributed by atoms with Gasteiger partial charge in [-0.2, -0.15) is 0 Å². The van der Waals surface area contributed by atoms with Gasteiger partial charge in [0, 0.05) is 13.0 Å². The van der Waals surface area contributed by atoms with Crippen LogP contribution in [0.1, 0.15) is 32.1 Å². The number of carbonyl (C=O) groups excluding carboxylic acids is 1. The second-order valence-corrected chi connectivity index (χ2v) is 3.87. The van der Waals surface area contributed by atoms with Gasteiger partial charge in [-0.15, -0.1) is 0 Å². The van der Waals surface area contributed by atoms with Gasteiger partial charge in [0.05, 0.1) is 0 Å². The lowest BCUT2D eigenvalue weighted by atomic mass is 10.1. The fourth-order valence-corrected chi connectivity index (χ4v) is 1.86. The van der Waals surface area contributed by atoms with E-state index in [1.807, 2.05) is 6.08 Å². The highest BCUT2D eigenvalue weighted by molar-refractivity contribution is 5.94. The highest BCUT2D eigenvalue weighted by Gasteiger charge is 2.23. The molecule has 0 N–H and O–H groups in total. The number of ether oxygens (including phenoxy) is 2. The molecule has 0 aromatic carbocycles. The molecule has 14 heavy (non-hydrogen) atoms. The van der Waals surface area contributed by atoms with Crippen molar-refractivity contribution in [2.75, 3.05) is 13.2 Å². The molecule has 0 aromatic heterocycles. The summed E-state index contributed by atoms with van der Waals surface area (Å²) in [4.78, 5) is 11.5. The van der Waals surface area contributed by atoms with Crippen LogP contribution in [0.5, 0.6) is 0 Å². The van der Waals surface area contributed by atoms with Gasteiger partial charge >= 0.3 is 0 Å². The number of hydrogen-bond donors (Lipinski definition) is 0. The molecule has 0 aromatic rings. The van der Waals surface area contributed by atoms with Crippen LogP contribution in [0.15, 0.2) is 11.8 Å². The maximum absolute atomic E-state index is 11.5. The van der Waals surface area contributed by atoms with Gasteiger partial charge in [-0.25, -0.2) is 0 Å². The Bertz CT molecular complexity index is 245. The van der Waals surface area contributed by atoms with Crippen LogP contribution < -0.4 is 0 Å². The minimum Gasteiger partial charge on any atom is -0.487 e. The van der Waals surface area contributed by atoms with Crippen LogP contribution in [0.25, 0.3) is 0 Å². The second kappa shape index (κ2) is 4.60. The monoisotopic (exact) mass is 196 g/mol. The Hall–Kier alpha value is -0.830. The first-order valence-electron chi connectivity index (χ1n) is 5.34. The number of hydrogen-bond acceptors (Lipinski definition) is 3. The molecule has 78 valence electrons. The molecule has 1 unspecified atom stereocenters. The Kier molecular flexibility index (Phi) is 3.19. The fraction of sp³-hybridized carbons (Fsp3) is 0.727. The molecule has 1 atom stereocenters. The fourth-order valence-electron chi connectivity index (χ4n) is 1.86. The van der Waals surface area contributed by atoms with Gasteiger partial charge in [0.15, 0.2) is 5.76 Å². The van der Waals surface area contributed by atoms with Crippen molar-refractivity contribution in [2.24, 2.45) is 0 Å². The third-order valence-electron chi connectivity index (χ3n) is 2.68. The maximum atomic E-state index is 11.5. The summed E-state index contributed by atoms with van der Waals surface area (Å²) in [6.07, 6.45) is 7.49. The van der Waals surface area contributed by atoms with E-state index in [1.54, 1.807) is 0 Å². The lowest BCUT2D eigenvalue weighted by Crippen LogP contribution is -2.14. The van der Waals surface area contributed by atoms with E-state index < -0.39 is 0 Å². The minimum atomic E-state index is -0.00519. The molecule has 3 nitrogen and oxygen atoms in total. The first-order chi connectivity index (χ1) is 6.86. The van der Waals surface area contributed by atoms with E-state index in [4.69, 9.17) is 9.47 Å². The lowest BCUT2D eigenvalue weighted by Gasteiger charge is -2.11. The first-order valence-corrected chi connectivity index (χ1v) is 5.34. The molecule has 0 aliphatic carbocycles. The van der Waals surface area contributed by atoms with Crippen molar-refractivity contribution in [3.63, 3.8) is 0 Å². The summed E-state index contributed by atoms with van der Waals surface area (Å²) in [5, 5.41) is 0. The Morgan fingerprint density at radius 2 is 2.21 bits per heavy atom. The van der Waals surface area contributed by atoms with Gasteiger partial charge in [0.1, 0.15) is 12.7 Å². The van der Waals surface area contributed by atoms with E-state index in [-0.39, 0.29) is 18.5 Å². The summed E-state index contributed by atoms with van der Waals surface area (Å²) in [6.45, 7) is 0.877. The average molecular weight is 196 g/mol. The predicted molar refractivity (Wildman–Crippen MR) is 51.9 cm³/mol. The van der Waals surface area contributed by atoms with Crippen LogP contribution in [-0.4, -0.2) is 25.1 Å². The predicted octanol–water partition coefficient (Wildman–Crippen LogP) is 1.82. The summed E-state index contributed by atoms with van der Waals surface area (Å²) >= 11 is 0. The number of rotatable bonds is 0. The van der Waals surface area contributed by atoms with Crippen LogP contribution in [0.2, 0.25) is 0 Å². The second-order valence-electron chi connectivity index (χ2n) is 3.87. The van der Waals surface area contributed by atoms with Gasteiger partial charge in [0.25, 0.3) is 0 Å². The van der Waals surface area contributed by atoms with Crippen molar-refractivity contribution in [1.29, 1.82) is 0 Å². The van der Waals surface area contributed by atoms with Crippen molar-refractivity contribution in [2.45, 2.75) is 38.2 Å². The molecule has 2 bridgehead atoms. The largest absolute Gasteiger partial charge is 0.487 e. The zero-order chi connectivity index (χ0) is 9.80. The SMILES string of the molecule is O=C1COCCCCCC2CC=C1O2. The zero-order valence-electron chi connectivity index (χ0n) is 8.33. The summed E-state index contributed by atoms with van der Waals surface area (Å²) < 4.78 is 10.8. The Labute approximate surface area is 84.1 Å². The van der Waals surface area contributed by atoms with Gasteiger partial charge in [0.2, 0.25) is 5.78 Å².